The summed E-state index contributed by atoms with van der Waals surface area (Å²) in [6.45, 7) is 4.16. The van der Waals surface area contributed by atoms with E-state index in [0.29, 0.717) is 17.1 Å². The number of likely N-dealkylation sites (N-methyl/N-ethyl adjacent to an activating group) is 1. The average Bonchev–Trinajstić information content (AvgIpc) is 3.19. The summed E-state index contributed by atoms with van der Waals surface area (Å²) in [5.41, 5.74) is 11.3. The Hall–Kier alpha value is -3.45. The molecule has 1 aliphatic rings. The average molecular weight is 387 g/mol. The van der Waals surface area contributed by atoms with Crippen LogP contribution < -0.4 is 10.6 Å². The zero-order chi connectivity index (χ0) is 20.2. The van der Waals surface area contributed by atoms with E-state index in [1.807, 2.05) is 30.4 Å². The van der Waals surface area contributed by atoms with Crippen molar-refractivity contribution < 1.29 is 0 Å². The maximum atomic E-state index is 7.74. The Morgan fingerprint density at radius 2 is 2.03 bits per heavy atom. The van der Waals surface area contributed by atoms with Crippen LogP contribution in [0, 0.1) is 5.41 Å². The van der Waals surface area contributed by atoms with Crippen LogP contribution in [-0.2, 0) is 0 Å². The minimum atomic E-state index is 0.442. The summed E-state index contributed by atoms with van der Waals surface area (Å²) < 4.78 is 0. The highest BCUT2D eigenvalue weighted by Gasteiger charge is 2.15. The fraction of sp³-hybridized carbons (Fsp3) is 0.227. The van der Waals surface area contributed by atoms with Gasteiger partial charge in [-0.1, -0.05) is 18.2 Å². The Labute approximate surface area is 170 Å². The minimum Gasteiger partial charge on any atom is -0.395 e. The van der Waals surface area contributed by atoms with Crippen molar-refractivity contribution in [2.24, 2.45) is 5.73 Å². The molecule has 1 aromatic carbocycles. The van der Waals surface area contributed by atoms with E-state index in [1.54, 1.807) is 12.4 Å². The molecule has 4 N–H and O–H groups in total. The fourth-order valence-corrected chi connectivity index (χ4v) is 3.40. The normalized spacial score (nSPS) is 16.4. The topological polar surface area (TPSA) is 97.9 Å². The number of benzene rings is 1. The zero-order valence-corrected chi connectivity index (χ0v) is 16.5. The van der Waals surface area contributed by atoms with Gasteiger partial charge in [0, 0.05) is 56.0 Å². The number of rotatable bonds is 5. The van der Waals surface area contributed by atoms with E-state index in [-0.39, 0.29) is 0 Å². The highest BCUT2D eigenvalue weighted by molar-refractivity contribution is 5.93. The van der Waals surface area contributed by atoms with Crippen LogP contribution in [0.2, 0.25) is 0 Å². The number of piperazine rings is 1. The summed E-state index contributed by atoms with van der Waals surface area (Å²) in [6, 6.07) is 10.1. The molecule has 1 aliphatic heterocycles. The van der Waals surface area contributed by atoms with E-state index in [9.17, 15) is 0 Å². The van der Waals surface area contributed by atoms with Crippen LogP contribution in [0.4, 0.5) is 5.69 Å². The summed E-state index contributed by atoms with van der Waals surface area (Å²) in [7, 11) is 2.15. The van der Waals surface area contributed by atoms with Crippen molar-refractivity contribution >= 4 is 34.7 Å². The summed E-state index contributed by atoms with van der Waals surface area (Å²) in [5.74, 6) is 0.574. The molecule has 1 saturated heterocycles. The number of nitrogens with two attached hydrogens (primary N) is 1. The van der Waals surface area contributed by atoms with Crippen molar-refractivity contribution in [3.63, 3.8) is 0 Å². The predicted octanol–water partition coefficient (Wildman–Crippen LogP) is 2.74. The molecule has 3 aromatic rings. The van der Waals surface area contributed by atoms with Gasteiger partial charge in [-0.15, -0.1) is 0 Å². The summed E-state index contributed by atoms with van der Waals surface area (Å²) in [4.78, 5) is 16.8. The molecule has 29 heavy (non-hydrogen) atoms. The number of nitrogens with one attached hydrogen (secondary N) is 2. The van der Waals surface area contributed by atoms with E-state index in [1.165, 1.54) is 11.9 Å². The number of imidazole rings is 1. The second-order valence-electron chi connectivity index (χ2n) is 7.21. The molecule has 0 unspecified atom stereocenters. The maximum absolute atomic E-state index is 7.74. The van der Waals surface area contributed by atoms with Gasteiger partial charge in [0.1, 0.15) is 0 Å². The molecular weight excluding hydrogens is 362 g/mol. The molecule has 0 amide bonds. The summed E-state index contributed by atoms with van der Waals surface area (Å²) >= 11 is 0. The lowest BCUT2D eigenvalue weighted by molar-refractivity contribution is 0.313. The molecule has 0 spiro atoms. The first kappa shape index (κ1) is 18.9. The number of aromatic nitrogens is 3. The van der Waals surface area contributed by atoms with Crippen LogP contribution in [0.15, 0.2) is 54.4 Å². The van der Waals surface area contributed by atoms with E-state index < -0.39 is 0 Å². The second-order valence-corrected chi connectivity index (χ2v) is 7.21. The van der Waals surface area contributed by atoms with Crippen LogP contribution in [-0.4, -0.2) is 59.3 Å². The molecule has 7 nitrogen and oxygen atoms in total. The molecular formula is C22H25N7. The van der Waals surface area contributed by atoms with Crippen LogP contribution >= 0.6 is 0 Å². The SMILES string of the molecule is CN1CCN(c2ccc3nc(C(N)=C(C=N)/C=C/c4cccnc4)[nH]c3c2)CC1. The predicted molar refractivity (Wildman–Crippen MR) is 119 cm³/mol. The van der Waals surface area contributed by atoms with Crippen LogP contribution in [0.25, 0.3) is 22.8 Å². The summed E-state index contributed by atoms with van der Waals surface area (Å²) in [6.07, 6.45) is 8.42. The first-order chi connectivity index (χ1) is 14.1. The van der Waals surface area contributed by atoms with Gasteiger partial charge in [-0.2, -0.15) is 0 Å². The monoisotopic (exact) mass is 387 g/mol. The van der Waals surface area contributed by atoms with Gasteiger partial charge in [0.05, 0.1) is 16.7 Å². The van der Waals surface area contributed by atoms with Gasteiger partial charge in [0.15, 0.2) is 5.82 Å². The standard InChI is InChI=1S/C22H25N7/c1-28-9-11-29(12-10-28)18-6-7-19-20(13-18)27-22(26-19)21(24)17(14-23)5-4-16-3-2-8-25-15-16/h2-8,13-15,23H,9-12,24H2,1H3,(H,26,27)/b5-4+,21-17?,23-14?. The highest BCUT2D eigenvalue weighted by Crippen LogP contribution is 2.23. The van der Waals surface area contributed by atoms with Gasteiger partial charge in [-0.25, -0.2) is 4.98 Å². The lowest BCUT2D eigenvalue weighted by Crippen LogP contribution is -2.44. The van der Waals surface area contributed by atoms with E-state index in [2.05, 4.69) is 43.9 Å². The van der Waals surface area contributed by atoms with Gasteiger partial charge >= 0.3 is 0 Å². The van der Waals surface area contributed by atoms with Crippen LogP contribution in [0.1, 0.15) is 11.4 Å². The number of fused-ring (bicyclic) bond motifs is 1. The number of nitrogens with zero attached hydrogens (tertiary/aromatic N) is 4. The number of pyridine rings is 1. The molecule has 2 aromatic heterocycles. The Morgan fingerprint density at radius 1 is 1.21 bits per heavy atom. The van der Waals surface area contributed by atoms with Crippen molar-refractivity contribution in [1.29, 1.82) is 5.41 Å². The minimum absolute atomic E-state index is 0.442. The fourth-order valence-electron chi connectivity index (χ4n) is 3.40. The van der Waals surface area contributed by atoms with Gasteiger partial charge in [-0.05, 0) is 36.9 Å². The largest absolute Gasteiger partial charge is 0.395 e. The number of aromatic amines is 1. The number of hydrogen-bond acceptors (Lipinski definition) is 6. The molecule has 0 saturated carbocycles. The van der Waals surface area contributed by atoms with Crippen LogP contribution in [0.5, 0.6) is 0 Å². The first-order valence-corrected chi connectivity index (χ1v) is 9.66. The molecule has 7 heteroatoms. The first-order valence-electron chi connectivity index (χ1n) is 9.66. The second kappa shape index (κ2) is 8.28. The van der Waals surface area contributed by atoms with Crippen molar-refractivity contribution in [1.82, 2.24) is 19.9 Å². The number of hydrogen-bond donors (Lipinski definition) is 3. The molecule has 0 aliphatic carbocycles. The quantitative estimate of drug-likeness (QED) is 0.462. The Bertz CT molecular complexity index is 1060. The molecule has 4 rings (SSSR count). The van der Waals surface area contributed by atoms with E-state index in [4.69, 9.17) is 11.1 Å². The van der Waals surface area contributed by atoms with Gasteiger partial charge in [0.2, 0.25) is 0 Å². The van der Waals surface area contributed by atoms with E-state index >= 15 is 0 Å². The Kier molecular flexibility index (Phi) is 5.39. The third-order valence-corrected chi connectivity index (χ3v) is 5.20. The number of allylic oxidation sites excluding steroid dienone is 2. The highest BCUT2D eigenvalue weighted by atomic mass is 15.2. The van der Waals surface area contributed by atoms with Gasteiger partial charge in [0.25, 0.3) is 0 Å². The van der Waals surface area contributed by atoms with Crippen molar-refractivity contribution in [3.8, 4) is 0 Å². The lowest BCUT2D eigenvalue weighted by atomic mass is 10.1. The van der Waals surface area contributed by atoms with Crippen molar-refractivity contribution in [2.75, 3.05) is 38.1 Å². The van der Waals surface area contributed by atoms with Crippen LogP contribution in [0.3, 0.4) is 0 Å². The molecule has 0 atom stereocenters. The number of anilines is 1. The van der Waals surface area contributed by atoms with Gasteiger partial charge in [-0.3, -0.25) is 4.98 Å². The van der Waals surface area contributed by atoms with Crippen molar-refractivity contribution in [3.05, 3.63) is 65.8 Å². The molecule has 148 valence electrons. The van der Waals surface area contributed by atoms with Crippen molar-refractivity contribution in [2.45, 2.75) is 0 Å². The molecule has 0 radical (unpaired) electrons. The Morgan fingerprint density at radius 3 is 2.76 bits per heavy atom. The number of H-pyrrole nitrogens is 1. The van der Waals surface area contributed by atoms with E-state index in [0.717, 1.165) is 42.8 Å². The third-order valence-electron chi connectivity index (χ3n) is 5.20. The maximum Gasteiger partial charge on any atom is 0.155 e. The molecule has 1 fully saturated rings. The zero-order valence-electron chi connectivity index (χ0n) is 16.5. The lowest BCUT2D eigenvalue weighted by Gasteiger charge is -2.34. The van der Waals surface area contributed by atoms with Gasteiger partial charge < -0.3 is 25.9 Å². The molecule has 0 bridgehead atoms. The third kappa shape index (κ3) is 4.20. The Balaban J connectivity index is 1.61. The summed E-state index contributed by atoms with van der Waals surface area (Å²) in [5, 5.41) is 7.74. The molecule has 3 heterocycles. The smallest absolute Gasteiger partial charge is 0.155 e.